The van der Waals surface area contributed by atoms with E-state index in [9.17, 15) is 4.79 Å². The normalized spacial score (nSPS) is 21.7. The lowest BCUT2D eigenvalue weighted by molar-refractivity contribution is -0.118. The van der Waals surface area contributed by atoms with Crippen LogP contribution >= 0.6 is 0 Å². The number of carbonyl (C=O) groups is 1. The molecule has 1 aliphatic carbocycles. The molecule has 0 aromatic rings. The van der Waals surface area contributed by atoms with Crippen LogP contribution in [0.15, 0.2) is 11.3 Å². The predicted octanol–water partition coefficient (Wildman–Crippen LogP) is 2.51. The molecular weight excluding hydrogens is 174 g/mol. The van der Waals surface area contributed by atoms with Crippen LogP contribution in [0.2, 0.25) is 0 Å². The molecule has 0 atom stereocenters. The third-order valence-corrected chi connectivity index (χ3v) is 2.80. The summed E-state index contributed by atoms with van der Waals surface area (Å²) in [6.45, 7) is 8.48. The van der Waals surface area contributed by atoms with Gasteiger partial charge < -0.3 is 5.32 Å². The van der Waals surface area contributed by atoms with Crippen molar-refractivity contribution in [3.8, 4) is 0 Å². The minimum Gasteiger partial charge on any atom is -0.391 e. The maximum atomic E-state index is 11.9. The van der Waals surface area contributed by atoms with Gasteiger partial charge in [-0.1, -0.05) is 27.7 Å². The van der Waals surface area contributed by atoms with Crippen molar-refractivity contribution in [3.63, 3.8) is 0 Å². The van der Waals surface area contributed by atoms with Crippen LogP contribution in [-0.2, 0) is 4.79 Å². The molecule has 0 bridgehead atoms. The first kappa shape index (κ1) is 11.3. The van der Waals surface area contributed by atoms with E-state index < -0.39 is 0 Å². The van der Waals surface area contributed by atoms with E-state index in [2.05, 4.69) is 33.0 Å². The average molecular weight is 195 g/mol. The van der Waals surface area contributed by atoms with E-state index in [1.807, 2.05) is 7.05 Å². The van der Waals surface area contributed by atoms with Gasteiger partial charge in [-0.15, -0.1) is 0 Å². The molecule has 0 radical (unpaired) electrons. The van der Waals surface area contributed by atoms with Gasteiger partial charge in [-0.2, -0.15) is 0 Å². The minimum absolute atomic E-state index is 0.119. The maximum absolute atomic E-state index is 11.9. The van der Waals surface area contributed by atoms with Crippen molar-refractivity contribution in [1.82, 2.24) is 5.32 Å². The zero-order valence-corrected chi connectivity index (χ0v) is 9.90. The van der Waals surface area contributed by atoms with Crippen LogP contribution < -0.4 is 5.32 Å². The number of ketones is 1. The molecule has 0 fully saturated rings. The van der Waals surface area contributed by atoms with E-state index in [0.717, 1.165) is 17.7 Å². The van der Waals surface area contributed by atoms with Gasteiger partial charge >= 0.3 is 0 Å². The second-order valence-electron chi connectivity index (χ2n) is 5.24. The van der Waals surface area contributed by atoms with E-state index in [1.165, 1.54) is 0 Å². The highest BCUT2D eigenvalue weighted by Crippen LogP contribution is 2.37. The zero-order chi connectivity index (χ0) is 10.9. The van der Waals surface area contributed by atoms with Gasteiger partial charge in [-0.3, -0.25) is 4.79 Å². The van der Waals surface area contributed by atoms with Crippen LogP contribution in [0.4, 0.5) is 0 Å². The maximum Gasteiger partial charge on any atom is 0.161 e. The molecule has 0 aromatic heterocycles. The Bertz CT molecular complexity index is 274. The smallest absolute Gasteiger partial charge is 0.161 e. The summed E-state index contributed by atoms with van der Waals surface area (Å²) in [5, 5.41) is 3.18. The summed E-state index contributed by atoms with van der Waals surface area (Å²) in [5.74, 6) is 0.654. The van der Waals surface area contributed by atoms with Gasteiger partial charge in [0.15, 0.2) is 5.78 Å². The SMILES string of the molecule is CNC1=C(C(C)C)C(=O)CC(C)(C)C1. The molecule has 14 heavy (non-hydrogen) atoms. The molecule has 0 saturated carbocycles. The van der Waals surface area contributed by atoms with E-state index in [4.69, 9.17) is 0 Å². The third kappa shape index (κ3) is 2.17. The van der Waals surface area contributed by atoms with E-state index in [-0.39, 0.29) is 5.41 Å². The third-order valence-electron chi connectivity index (χ3n) is 2.80. The molecule has 1 aliphatic rings. The summed E-state index contributed by atoms with van der Waals surface area (Å²) in [5.41, 5.74) is 2.27. The molecule has 0 aliphatic heterocycles. The first-order chi connectivity index (χ1) is 6.37. The molecule has 0 spiro atoms. The second-order valence-corrected chi connectivity index (χ2v) is 5.24. The standard InChI is InChI=1S/C12H21NO/c1-8(2)11-9(13-5)6-12(3,4)7-10(11)14/h8,13H,6-7H2,1-5H3. The van der Waals surface area contributed by atoms with Crippen LogP contribution in [0, 0.1) is 11.3 Å². The van der Waals surface area contributed by atoms with Crippen molar-refractivity contribution >= 4 is 5.78 Å². The van der Waals surface area contributed by atoms with Gasteiger partial charge in [-0.05, 0) is 17.8 Å². The molecule has 0 saturated heterocycles. The van der Waals surface area contributed by atoms with Crippen LogP contribution in [0.3, 0.4) is 0 Å². The molecule has 2 nitrogen and oxygen atoms in total. The first-order valence-electron chi connectivity index (χ1n) is 5.31. The number of allylic oxidation sites excluding steroid dienone is 2. The van der Waals surface area contributed by atoms with Gasteiger partial charge in [0.2, 0.25) is 0 Å². The Morgan fingerprint density at radius 3 is 2.29 bits per heavy atom. The molecule has 1 N–H and O–H groups in total. The van der Waals surface area contributed by atoms with Crippen LogP contribution in [0.1, 0.15) is 40.5 Å². The summed E-state index contributed by atoms with van der Waals surface area (Å²) in [7, 11) is 1.91. The van der Waals surface area contributed by atoms with Gasteiger partial charge in [0, 0.05) is 24.7 Å². The molecule has 80 valence electrons. The van der Waals surface area contributed by atoms with Crippen molar-refractivity contribution < 1.29 is 4.79 Å². The highest BCUT2D eigenvalue weighted by Gasteiger charge is 2.33. The van der Waals surface area contributed by atoms with Crippen molar-refractivity contribution in [2.24, 2.45) is 11.3 Å². The topological polar surface area (TPSA) is 29.1 Å². The quantitative estimate of drug-likeness (QED) is 0.733. The van der Waals surface area contributed by atoms with Crippen molar-refractivity contribution in [2.75, 3.05) is 7.05 Å². The Morgan fingerprint density at radius 2 is 1.86 bits per heavy atom. The highest BCUT2D eigenvalue weighted by atomic mass is 16.1. The summed E-state index contributed by atoms with van der Waals surface area (Å²) in [6.07, 6.45) is 1.68. The van der Waals surface area contributed by atoms with Gasteiger partial charge in [0.25, 0.3) is 0 Å². The number of hydrogen-bond donors (Lipinski definition) is 1. The number of nitrogens with one attached hydrogen (secondary N) is 1. The number of Topliss-reactive ketones (excluding diaryl/α,β-unsaturated/α-hetero) is 1. The lowest BCUT2D eigenvalue weighted by Crippen LogP contribution is -2.31. The van der Waals surface area contributed by atoms with Crippen molar-refractivity contribution in [2.45, 2.75) is 40.5 Å². The zero-order valence-electron chi connectivity index (χ0n) is 9.90. The number of hydrogen-bond acceptors (Lipinski definition) is 2. The molecule has 0 aromatic carbocycles. The highest BCUT2D eigenvalue weighted by molar-refractivity contribution is 5.97. The minimum atomic E-state index is 0.119. The monoisotopic (exact) mass is 195 g/mol. The summed E-state index contributed by atoms with van der Waals surface area (Å²) in [6, 6.07) is 0. The predicted molar refractivity (Wildman–Crippen MR) is 58.9 cm³/mol. The summed E-state index contributed by atoms with van der Waals surface area (Å²) in [4.78, 5) is 11.9. The van der Waals surface area contributed by atoms with Crippen LogP contribution in [0.25, 0.3) is 0 Å². The Morgan fingerprint density at radius 1 is 1.29 bits per heavy atom. The molecule has 1 rings (SSSR count). The largest absolute Gasteiger partial charge is 0.391 e. The van der Waals surface area contributed by atoms with E-state index in [1.54, 1.807) is 0 Å². The lowest BCUT2D eigenvalue weighted by Gasteiger charge is -2.33. The number of carbonyl (C=O) groups excluding carboxylic acids is 1. The van der Waals surface area contributed by atoms with Crippen LogP contribution in [-0.4, -0.2) is 12.8 Å². The lowest BCUT2D eigenvalue weighted by atomic mass is 9.73. The number of rotatable bonds is 2. The molecule has 0 amide bonds. The molecule has 0 heterocycles. The van der Waals surface area contributed by atoms with Crippen molar-refractivity contribution in [1.29, 1.82) is 0 Å². The van der Waals surface area contributed by atoms with Crippen LogP contribution in [0.5, 0.6) is 0 Å². The molecule has 0 unspecified atom stereocenters. The Hall–Kier alpha value is -0.790. The summed E-state index contributed by atoms with van der Waals surface area (Å²) < 4.78 is 0. The van der Waals surface area contributed by atoms with Crippen molar-refractivity contribution in [3.05, 3.63) is 11.3 Å². The molecular formula is C12H21NO. The Kier molecular flexibility index (Phi) is 3.03. The second kappa shape index (κ2) is 3.76. The average Bonchev–Trinajstić information content (AvgIpc) is 1.99. The van der Waals surface area contributed by atoms with E-state index >= 15 is 0 Å². The summed E-state index contributed by atoms with van der Waals surface area (Å²) >= 11 is 0. The fourth-order valence-corrected chi connectivity index (χ4v) is 2.23. The Balaban J connectivity index is 3.08. The van der Waals surface area contributed by atoms with Gasteiger partial charge in [-0.25, -0.2) is 0 Å². The van der Waals surface area contributed by atoms with Gasteiger partial charge in [0.05, 0.1) is 0 Å². The fraction of sp³-hybridized carbons (Fsp3) is 0.750. The Labute approximate surface area is 86.8 Å². The molecule has 2 heteroatoms. The first-order valence-corrected chi connectivity index (χ1v) is 5.31. The van der Waals surface area contributed by atoms with E-state index in [0.29, 0.717) is 18.1 Å². The van der Waals surface area contributed by atoms with Gasteiger partial charge in [0.1, 0.15) is 0 Å². The fourth-order valence-electron chi connectivity index (χ4n) is 2.23.